The molecule has 1 aliphatic heterocycles. The van der Waals surface area contributed by atoms with E-state index >= 15 is 0 Å². The van der Waals surface area contributed by atoms with E-state index in [0.29, 0.717) is 6.04 Å². The highest BCUT2D eigenvalue weighted by Gasteiger charge is 2.30. The second-order valence-electron chi connectivity index (χ2n) is 7.99. The topological polar surface area (TPSA) is 73.9 Å². The number of carbonyl (C=O) groups is 1. The Balaban J connectivity index is 1.28. The molecular weight excluding hydrogens is 362 g/mol. The monoisotopic (exact) mass is 387 g/mol. The van der Waals surface area contributed by atoms with Crippen LogP contribution in [0.15, 0.2) is 54.9 Å². The van der Waals surface area contributed by atoms with E-state index < -0.39 is 0 Å². The van der Waals surface area contributed by atoms with Crippen molar-refractivity contribution in [2.45, 2.75) is 37.6 Å². The van der Waals surface area contributed by atoms with E-state index in [1.165, 1.54) is 0 Å². The van der Waals surface area contributed by atoms with Gasteiger partial charge in [-0.3, -0.25) is 4.98 Å². The number of urea groups is 1. The smallest absolute Gasteiger partial charge is 0.317 e. The number of aromatic amines is 1. The van der Waals surface area contributed by atoms with Gasteiger partial charge in [-0.15, -0.1) is 0 Å². The number of amides is 2. The molecule has 1 atom stereocenters. The molecule has 0 spiro atoms. The molecule has 3 heterocycles. The maximum absolute atomic E-state index is 12.4. The summed E-state index contributed by atoms with van der Waals surface area (Å²) in [6.45, 7) is 1.55. The lowest BCUT2D eigenvalue weighted by atomic mass is 9.97. The highest BCUT2D eigenvalue weighted by molar-refractivity contribution is 5.75. The van der Waals surface area contributed by atoms with Crippen LogP contribution in [0.25, 0.3) is 22.5 Å². The molecule has 1 saturated heterocycles. The average Bonchev–Trinajstić information content (AvgIpc) is 3.46. The van der Waals surface area contributed by atoms with Gasteiger partial charge in [0.2, 0.25) is 0 Å². The lowest BCUT2D eigenvalue weighted by Crippen LogP contribution is -2.45. The van der Waals surface area contributed by atoms with E-state index in [0.717, 1.165) is 67.1 Å². The zero-order chi connectivity index (χ0) is 19.6. The molecule has 2 fully saturated rings. The van der Waals surface area contributed by atoms with E-state index in [9.17, 15) is 4.79 Å². The highest BCUT2D eigenvalue weighted by Crippen LogP contribution is 2.28. The van der Waals surface area contributed by atoms with Gasteiger partial charge in [-0.1, -0.05) is 30.3 Å². The lowest BCUT2D eigenvalue weighted by molar-refractivity contribution is 0.178. The number of rotatable bonds is 4. The van der Waals surface area contributed by atoms with E-state index in [1.807, 2.05) is 41.6 Å². The Morgan fingerprint density at radius 3 is 2.62 bits per heavy atom. The predicted molar refractivity (Wildman–Crippen MR) is 112 cm³/mol. The van der Waals surface area contributed by atoms with Gasteiger partial charge in [0.25, 0.3) is 0 Å². The molecule has 29 heavy (non-hydrogen) atoms. The van der Waals surface area contributed by atoms with Crippen LogP contribution in [0.1, 0.15) is 37.4 Å². The van der Waals surface area contributed by atoms with Gasteiger partial charge in [0.1, 0.15) is 5.82 Å². The van der Waals surface area contributed by atoms with E-state index in [2.05, 4.69) is 38.5 Å². The minimum Gasteiger partial charge on any atom is -0.342 e. The second kappa shape index (κ2) is 7.70. The van der Waals surface area contributed by atoms with Crippen molar-refractivity contribution >= 4 is 6.03 Å². The first-order chi connectivity index (χ1) is 14.3. The Morgan fingerprint density at radius 1 is 1.00 bits per heavy atom. The fourth-order valence-corrected chi connectivity index (χ4v) is 3.90. The summed E-state index contributed by atoms with van der Waals surface area (Å²) < 4.78 is 0. The first-order valence-electron chi connectivity index (χ1n) is 10.4. The summed E-state index contributed by atoms with van der Waals surface area (Å²) in [6, 6.07) is 14.7. The molecule has 148 valence electrons. The first-order valence-corrected chi connectivity index (χ1v) is 10.4. The molecule has 1 saturated carbocycles. The van der Waals surface area contributed by atoms with Crippen LogP contribution in [0, 0.1) is 0 Å². The summed E-state index contributed by atoms with van der Waals surface area (Å²) in [5.74, 6) is 1.20. The number of carbonyl (C=O) groups excluding carboxylic acids is 1. The number of hydrogen-bond donors (Lipinski definition) is 2. The molecule has 1 aliphatic carbocycles. The number of benzene rings is 1. The fraction of sp³-hybridized carbons (Fsp3) is 0.348. The number of aromatic nitrogens is 3. The van der Waals surface area contributed by atoms with Crippen LogP contribution >= 0.6 is 0 Å². The summed E-state index contributed by atoms with van der Waals surface area (Å²) in [7, 11) is 0. The van der Waals surface area contributed by atoms with Crippen molar-refractivity contribution < 1.29 is 4.79 Å². The van der Waals surface area contributed by atoms with Crippen LogP contribution in [0.5, 0.6) is 0 Å². The maximum atomic E-state index is 12.4. The quantitative estimate of drug-likeness (QED) is 0.705. The molecule has 6 heteroatoms. The SMILES string of the molecule is O=C(NC1CC1)N1CCCC(c2ncc(-c3ccc(-c4ccccc4)nc3)[nH]2)C1. The molecule has 2 amide bonds. The normalized spacial score (nSPS) is 19.2. The molecule has 1 aromatic carbocycles. The molecular formula is C23H25N5O. The molecule has 3 aromatic rings. The van der Waals surface area contributed by atoms with Crippen LogP contribution in [0.4, 0.5) is 4.79 Å². The van der Waals surface area contributed by atoms with E-state index in [1.54, 1.807) is 0 Å². The number of H-pyrrole nitrogens is 1. The molecule has 6 nitrogen and oxygen atoms in total. The molecule has 2 aliphatic rings. The number of pyridine rings is 1. The van der Waals surface area contributed by atoms with Gasteiger partial charge in [-0.05, 0) is 37.8 Å². The minimum atomic E-state index is 0.0738. The molecule has 0 radical (unpaired) electrons. The third kappa shape index (κ3) is 4.01. The summed E-state index contributed by atoms with van der Waals surface area (Å²) >= 11 is 0. The number of piperidine rings is 1. The predicted octanol–water partition coefficient (Wildman–Crippen LogP) is 4.19. The van der Waals surface area contributed by atoms with Gasteiger partial charge in [0, 0.05) is 42.4 Å². The summed E-state index contributed by atoms with van der Waals surface area (Å²) in [5, 5.41) is 3.09. The van der Waals surface area contributed by atoms with Crippen molar-refractivity contribution in [3.05, 3.63) is 60.7 Å². The number of likely N-dealkylation sites (tertiary alicyclic amines) is 1. The van der Waals surface area contributed by atoms with Crippen LogP contribution in [-0.2, 0) is 0 Å². The van der Waals surface area contributed by atoms with Gasteiger partial charge in [-0.2, -0.15) is 0 Å². The number of nitrogens with zero attached hydrogens (tertiary/aromatic N) is 3. The maximum Gasteiger partial charge on any atom is 0.317 e. The third-order valence-electron chi connectivity index (χ3n) is 5.74. The molecule has 2 aromatic heterocycles. The Morgan fingerprint density at radius 2 is 1.86 bits per heavy atom. The highest BCUT2D eigenvalue weighted by atomic mass is 16.2. The van der Waals surface area contributed by atoms with Gasteiger partial charge in [0.15, 0.2) is 0 Å². The Kier molecular flexibility index (Phi) is 4.76. The van der Waals surface area contributed by atoms with Crippen molar-refractivity contribution in [1.82, 2.24) is 25.2 Å². The summed E-state index contributed by atoms with van der Waals surface area (Å²) in [5.41, 5.74) is 4.05. The van der Waals surface area contributed by atoms with Crippen molar-refractivity contribution in [3.63, 3.8) is 0 Å². The molecule has 5 rings (SSSR count). The number of imidazole rings is 1. The van der Waals surface area contributed by atoms with Crippen LogP contribution in [-0.4, -0.2) is 45.0 Å². The standard InChI is InChI=1S/C23H25N5O/c29-23(26-19-9-10-19)28-12-4-7-18(15-28)22-25-14-21(27-22)17-8-11-20(24-13-17)16-5-2-1-3-6-16/h1-3,5-6,8,11,13-14,18-19H,4,7,9-10,12,15H2,(H,25,27)(H,26,29). The minimum absolute atomic E-state index is 0.0738. The van der Waals surface area contributed by atoms with Gasteiger partial charge < -0.3 is 15.2 Å². The summed E-state index contributed by atoms with van der Waals surface area (Å²) in [4.78, 5) is 27.0. The van der Waals surface area contributed by atoms with E-state index in [-0.39, 0.29) is 11.9 Å². The molecule has 1 unspecified atom stereocenters. The second-order valence-corrected chi connectivity index (χ2v) is 7.99. The average molecular weight is 387 g/mol. The van der Waals surface area contributed by atoms with Crippen LogP contribution < -0.4 is 5.32 Å². The Bertz CT molecular complexity index is 978. The zero-order valence-electron chi connectivity index (χ0n) is 16.3. The Labute approximate surface area is 170 Å². The van der Waals surface area contributed by atoms with Crippen molar-refractivity contribution in [1.29, 1.82) is 0 Å². The van der Waals surface area contributed by atoms with E-state index in [4.69, 9.17) is 0 Å². The van der Waals surface area contributed by atoms with Crippen molar-refractivity contribution in [2.24, 2.45) is 0 Å². The molecule has 0 bridgehead atoms. The lowest BCUT2D eigenvalue weighted by Gasteiger charge is -2.31. The van der Waals surface area contributed by atoms with Crippen LogP contribution in [0.2, 0.25) is 0 Å². The largest absolute Gasteiger partial charge is 0.342 e. The number of hydrogen-bond acceptors (Lipinski definition) is 3. The molecule has 2 N–H and O–H groups in total. The fourth-order valence-electron chi connectivity index (χ4n) is 3.90. The van der Waals surface area contributed by atoms with Crippen LogP contribution in [0.3, 0.4) is 0 Å². The Hall–Kier alpha value is -3.15. The van der Waals surface area contributed by atoms with Gasteiger partial charge in [0.05, 0.1) is 17.6 Å². The zero-order valence-corrected chi connectivity index (χ0v) is 16.3. The van der Waals surface area contributed by atoms with Crippen molar-refractivity contribution in [2.75, 3.05) is 13.1 Å². The third-order valence-corrected chi connectivity index (χ3v) is 5.74. The first kappa shape index (κ1) is 17.9. The van der Waals surface area contributed by atoms with Gasteiger partial charge in [-0.25, -0.2) is 9.78 Å². The number of nitrogens with one attached hydrogen (secondary N) is 2. The van der Waals surface area contributed by atoms with Gasteiger partial charge >= 0.3 is 6.03 Å². The van der Waals surface area contributed by atoms with Crippen molar-refractivity contribution in [3.8, 4) is 22.5 Å². The summed E-state index contributed by atoms with van der Waals surface area (Å²) in [6.07, 6.45) is 8.04.